The van der Waals surface area contributed by atoms with Crippen LogP contribution in [0.4, 0.5) is 0 Å². The second-order valence-electron chi connectivity index (χ2n) is 6.69. The Morgan fingerprint density at radius 1 is 0.517 bits per heavy atom. The SMILES string of the molecule is C(=Cc1ccccc1-c1ccc2ccccc2c1)c1ccccc1.c1ccsc1. The predicted molar refractivity (Wildman–Crippen MR) is 129 cm³/mol. The van der Waals surface area contributed by atoms with E-state index in [0.29, 0.717) is 0 Å². The Kier molecular flexibility index (Phi) is 6.31. The van der Waals surface area contributed by atoms with E-state index in [9.17, 15) is 0 Å². The average Bonchev–Trinajstić information content (AvgIpc) is 3.39. The summed E-state index contributed by atoms with van der Waals surface area (Å²) < 4.78 is 0. The largest absolute Gasteiger partial charge is 0.152 e. The van der Waals surface area contributed by atoms with Gasteiger partial charge < -0.3 is 0 Å². The molecule has 140 valence electrons. The first kappa shape index (κ1) is 18.9. The van der Waals surface area contributed by atoms with Crippen LogP contribution in [0.1, 0.15) is 11.1 Å². The maximum Gasteiger partial charge on any atom is -0.00934 e. The molecule has 1 heteroatoms. The minimum atomic E-state index is 1.21. The molecule has 0 atom stereocenters. The molecule has 0 N–H and O–H groups in total. The molecule has 4 aromatic carbocycles. The first-order valence-corrected chi connectivity index (χ1v) is 10.6. The van der Waals surface area contributed by atoms with Crippen LogP contribution < -0.4 is 0 Å². The summed E-state index contributed by atoms with van der Waals surface area (Å²) in [7, 11) is 0. The second kappa shape index (κ2) is 9.68. The third-order valence-electron chi connectivity index (χ3n) is 4.70. The molecule has 0 aliphatic heterocycles. The third-order valence-corrected chi connectivity index (χ3v) is 5.33. The molecule has 0 fully saturated rings. The Morgan fingerprint density at radius 2 is 1.21 bits per heavy atom. The fourth-order valence-electron chi connectivity index (χ4n) is 3.24. The monoisotopic (exact) mass is 390 g/mol. The molecule has 1 aromatic heterocycles. The van der Waals surface area contributed by atoms with Crippen LogP contribution in [-0.2, 0) is 0 Å². The van der Waals surface area contributed by atoms with E-state index in [1.54, 1.807) is 11.3 Å². The Morgan fingerprint density at radius 3 is 1.97 bits per heavy atom. The molecule has 0 amide bonds. The molecule has 0 aliphatic carbocycles. The summed E-state index contributed by atoms with van der Waals surface area (Å²) >= 11 is 1.71. The minimum absolute atomic E-state index is 1.21. The molecule has 0 unspecified atom stereocenters. The van der Waals surface area contributed by atoms with Crippen molar-refractivity contribution in [3.05, 3.63) is 131 Å². The summed E-state index contributed by atoms with van der Waals surface area (Å²) in [6.45, 7) is 0. The van der Waals surface area contributed by atoms with Crippen LogP contribution in [0.15, 0.2) is 120 Å². The van der Waals surface area contributed by atoms with Crippen LogP contribution in [-0.4, -0.2) is 0 Å². The Labute approximate surface area is 176 Å². The van der Waals surface area contributed by atoms with Gasteiger partial charge in [-0.1, -0.05) is 115 Å². The average molecular weight is 391 g/mol. The normalized spacial score (nSPS) is 10.6. The zero-order chi connectivity index (χ0) is 19.7. The van der Waals surface area contributed by atoms with Crippen molar-refractivity contribution in [3.8, 4) is 11.1 Å². The molecule has 0 saturated carbocycles. The maximum absolute atomic E-state index is 2.27. The second-order valence-corrected chi connectivity index (χ2v) is 7.50. The van der Waals surface area contributed by atoms with Crippen molar-refractivity contribution in [3.63, 3.8) is 0 Å². The van der Waals surface area contributed by atoms with Crippen molar-refractivity contribution < 1.29 is 0 Å². The molecule has 0 spiro atoms. The van der Waals surface area contributed by atoms with Crippen molar-refractivity contribution in [2.75, 3.05) is 0 Å². The summed E-state index contributed by atoms with van der Waals surface area (Å²) in [5, 5.41) is 6.63. The van der Waals surface area contributed by atoms with E-state index in [1.165, 1.54) is 33.0 Å². The van der Waals surface area contributed by atoms with Gasteiger partial charge in [0.25, 0.3) is 0 Å². The first-order valence-electron chi connectivity index (χ1n) is 9.69. The van der Waals surface area contributed by atoms with Crippen molar-refractivity contribution in [2.45, 2.75) is 0 Å². The van der Waals surface area contributed by atoms with Crippen molar-refractivity contribution >= 4 is 34.3 Å². The van der Waals surface area contributed by atoms with Crippen LogP contribution >= 0.6 is 11.3 Å². The van der Waals surface area contributed by atoms with Gasteiger partial charge in [-0.3, -0.25) is 0 Å². The maximum atomic E-state index is 2.27. The van der Waals surface area contributed by atoms with Crippen LogP contribution in [0.5, 0.6) is 0 Å². The molecule has 0 bridgehead atoms. The standard InChI is InChI=1S/C24H18.C4H4S/c1-2-8-19(9-3-1)14-15-21-11-6-7-13-24(21)23-17-16-20-10-4-5-12-22(20)18-23;1-2-4-5-3-1/h1-18H;1-4H. The molecule has 0 saturated heterocycles. The number of hydrogen-bond acceptors (Lipinski definition) is 1. The fourth-order valence-corrected chi connectivity index (χ4v) is 3.69. The Bertz CT molecular complexity index is 1170. The number of benzene rings is 4. The highest BCUT2D eigenvalue weighted by molar-refractivity contribution is 7.07. The molecular formula is C28H22S. The zero-order valence-corrected chi connectivity index (χ0v) is 16.9. The van der Waals surface area contributed by atoms with Gasteiger partial charge in [0.05, 0.1) is 0 Å². The smallest absolute Gasteiger partial charge is 0.00934 e. The van der Waals surface area contributed by atoms with E-state index in [1.807, 2.05) is 29.0 Å². The van der Waals surface area contributed by atoms with Gasteiger partial charge in [-0.2, -0.15) is 11.3 Å². The number of rotatable bonds is 3. The Balaban J connectivity index is 0.000000359. The third kappa shape index (κ3) is 5.10. The lowest BCUT2D eigenvalue weighted by Gasteiger charge is -2.08. The van der Waals surface area contributed by atoms with E-state index < -0.39 is 0 Å². The van der Waals surface area contributed by atoms with E-state index in [-0.39, 0.29) is 0 Å². The molecule has 5 aromatic rings. The zero-order valence-electron chi connectivity index (χ0n) is 16.1. The molecule has 1 heterocycles. The van der Waals surface area contributed by atoms with Crippen LogP contribution in [0, 0.1) is 0 Å². The molecule has 0 radical (unpaired) electrons. The van der Waals surface area contributed by atoms with Gasteiger partial charge in [0.1, 0.15) is 0 Å². The quantitative estimate of drug-likeness (QED) is 0.271. The van der Waals surface area contributed by atoms with Crippen LogP contribution in [0.25, 0.3) is 34.1 Å². The van der Waals surface area contributed by atoms with Crippen LogP contribution in [0.2, 0.25) is 0 Å². The predicted octanol–water partition coefficient (Wildman–Crippen LogP) is 8.43. The van der Waals surface area contributed by atoms with E-state index in [0.717, 1.165) is 0 Å². The van der Waals surface area contributed by atoms with Gasteiger partial charge in [0, 0.05) is 0 Å². The molecular weight excluding hydrogens is 368 g/mol. The highest BCUT2D eigenvalue weighted by Crippen LogP contribution is 2.28. The highest BCUT2D eigenvalue weighted by atomic mass is 32.1. The first-order chi connectivity index (χ1) is 14.4. The summed E-state index contributed by atoms with van der Waals surface area (Å²) in [5.41, 5.74) is 4.96. The summed E-state index contributed by atoms with van der Waals surface area (Å²) in [5.74, 6) is 0. The lowest BCUT2D eigenvalue weighted by Crippen LogP contribution is -1.83. The molecule has 0 nitrogen and oxygen atoms in total. The van der Waals surface area contributed by atoms with Crippen molar-refractivity contribution in [1.82, 2.24) is 0 Å². The van der Waals surface area contributed by atoms with Crippen molar-refractivity contribution in [2.24, 2.45) is 0 Å². The number of thiophene rings is 1. The molecule has 29 heavy (non-hydrogen) atoms. The summed E-state index contributed by atoms with van der Waals surface area (Å²) in [6, 6.07) is 38.2. The van der Waals surface area contributed by atoms with Gasteiger partial charge in [-0.05, 0) is 49.9 Å². The highest BCUT2D eigenvalue weighted by Gasteiger charge is 2.03. The van der Waals surface area contributed by atoms with Gasteiger partial charge in [-0.15, -0.1) is 0 Å². The van der Waals surface area contributed by atoms with Crippen molar-refractivity contribution in [1.29, 1.82) is 0 Å². The van der Waals surface area contributed by atoms with E-state index in [2.05, 4.69) is 103 Å². The van der Waals surface area contributed by atoms with E-state index in [4.69, 9.17) is 0 Å². The van der Waals surface area contributed by atoms with Gasteiger partial charge >= 0.3 is 0 Å². The van der Waals surface area contributed by atoms with Gasteiger partial charge in [-0.25, -0.2) is 0 Å². The topological polar surface area (TPSA) is 0 Å². The molecule has 5 rings (SSSR count). The summed E-state index contributed by atoms with van der Waals surface area (Å²) in [4.78, 5) is 0. The summed E-state index contributed by atoms with van der Waals surface area (Å²) in [6.07, 6.45) is 4.36. The Hall–Kier alpha value is -3.42. The van der Waals surface area contributed by atoms with Gasteiger partial charge in [0.2, 0.25) is 0 Å². The number of hydrogen-bond donors (Lipinski definition) is 0. The van der Waals surface area contributed by atoms with Crippen LogP contribution in [0.3, 0.4) is 0 Å². The lowest BCUT2D eigenvalue weighted by atomic mass is 9.96. The molecule has 0 aliphatic rings. The number of fused-ring (bicyclic) bond motifs is 1. The minimum Gasteiger partial charge on any atom is -0.152 e. The van der Waals surface area contributed by atoms with Gasteiger partial charge in [0.15, 0.2) is 0 Å². The lowest BCUT2D eigenvalue weighted by molar-refractivity contribution is 1.61. The van der Waals surface area contributed by atoms with E-state index >= 15 is 0 Å². The fraction of sp³-hybridized carbons (Fsp3) is 0.